The Morgan fingerprint density at radius 3 is 2.64 bits per heavy atom. The number of nitro groups is 1. The van der Waals surface area contributed by atoms with E-state index in [9.17, 15) is 19.7 Å². The minimum atomic E-state index is -0.931. The lowest BCUT2D eigenvalue weighted by atomic mass is 10.3. The highest BCUT2D eigenvalue weighted by Crippen LogP contribution is 2.21. The van der Waals surface area contributed by atoms with E-state index >= 15 is 0 Å². The van der Waals surface area contributed by atoms with Crippen LogP contribution >= 0.6 is 11.8 Å². The summed E-state index contributed by atoms with van der Waals surface area (Å²) in [5.74, 6) is -0.386. The molecule has 0 aliphatic rings. The van der Waals surface area contributed by atoms with Crippen LogP contribution in [0.25, 0.3) is 0 Å². The van der Waals surface area contributed by atoms with E-state index in [0.29, 0.717) is 10.7 Å². The van der Waals surface area contributed by atoms with Crippen LogP contribution in [0.2, 0.25) is 0 Å². The first kappa shape index (κ1) is 18.5. The van der Waals surface area contributed by atoms with Crippen molar-refractivity contribution in [2.24, 2.45) is 0 Å². The van der Waals surface area contributed by atoms with E-state index in [-0.39, 0.29) is 18.0 Å². The number of nitro benzene ring substituents is 1. The van der Waals surface area contributed by atoms with Crippen molar-refractivity contribution in [1.29, 1.82) is 0 Å². The van der Waals surface area contributed by atoms with Crippen molar-refractivity contribution >= 4 is 29.3 Å². The Morgan fingerprint density at radius 1 is 1.32 bits per heavy atom. The molecule has 132 valence electrons. The maximum atomic E-state index is 11.8. The Kier molecular flexibility index (Phi) is 6.58. The summed E-state index contributed by atoms with van der Waals surface area (Å²) < 4.78 is 10.1. The fourth-order valence-corrected chi connectivity index (χ4v) is 2.50. The molecule has 0 saturated heterocycles. The summed E-state index contributed by atoms with van der Waals surface area (Å²) in [5.41, 5.74) is -0.0197. The number of esters is 1. The van der Waals surface area contributed by atoms with Crippen LogP contribution in [0.15, 0.2) is 52.0 Å². The highest BCUT2D eigenvalue weighted by molar-refractivity contribution is 8.00. The first-order valence-corrected chi connectivity index (χ1v) is 8.31. The van der Waals surface area contributed by atoms with Crippen LogP contribution < -0.4 is 5.32 Å². The first-order valence-electron chi connectivity index (χ1n) is 7.32. The van der Waals surface area contributed by atoms with Crippen molar-refractivity contribution in [3.8, 4) is 0 Å². The molecule has 0 fully saturated rings. The van der Waals surface area contributed by atoms with Crippen LogP contribution in [0.4, 0.5) is 5.69 Å². The second-order valence-corrected chi connectivity index (χ2v) is 6.02. The maximum absolute atomic E-state index is 11.8. The summed E-state index contributed by atoms with van der Waals surface area (Å²) in [4.78, 5) is 34.4. The number of carbonyl (C=O) groups is 2. The van der Waals surface area contributed by atoms with E-state index in [0.717, 1.165) is 0 Å². The number of nitrogens with one attached hydrogen (secondary N) is 1. The molecule has 0 unspecified atom stereocenters. The number of amides is 1. The van der Waals surface area contributed by atoms with Gasteiger partial charge in [-0.1, -0.05) is 0 Å². The lowest BCUT2D eigenvalue weighted by molar-refractivity contribution is -0.384. The first-order chi connectivity index (χ1) is 12.0. The van der Waals surface area contributed by atoms with Crippen molar-refractivity contribution in [3.05, 3.63) is 58.5 Å². The molecule has 1 N–H and O–H groups in total. The fraction of sp³-hybridized carbons (Fsp3) is 0.250. The highest BCUT2D eigenvalue weighted by Gasteiger charge is 2.18. The Balaban J connectivity index is 1.73. The zero-order valence-electron chi connectivity index (χ0n) is 13.3. The molecule has 1 amide bonds. The molecule has 9 heteroatoms. The van der Waals surface area contributed by atoms with Gasteiger partial charge in [0.2, 0.25) is 0 Å². The number of ether oxygens (including phenoxy) is 1. The van der Waals surface area contributed by atoms with Crippen molar-refractivity contribution in [1.82, 2.24) is 5.32 Å². The van der Waals surface area contributed by atoms with Gasteiger partial charge >= 0.3 is 5.97 Å². The topological polar surface area (TPSA) is 112 Å². The second-order valence-electron chi connectivity index (χ2n) is 4.97. The van der Waals surface area contributed by atoms with Gasteiger partial charge in [-0.15, -0.1) is 11.8 Å². The van der Waals surface area contributed by atoms with E-state index in [1.807, 2.05) is 0 Å². The average Bonchev–Trinajstić information content (AvgIpc) is 3.11. The maximum Gasteiger partial charge on any atom is 0.317 e. The molecule has 0 radical (unpaired) electrons. The molecule has 0 spiro atoms. The molecule has 0 aliphatic carbocycles. The third kappa shape index (κ3) is 5.96. The highest BCUT2D eigenvalue weighted by atomic mass is 32.2. The molecule has 2 rings (SSSR count). The monoisotopic (exact) mass is 364 g/mol. The average molecular weight is 364 g/mol. The minimum absolute atomic E-state index is 0.00633. The van der Waals surface area contributed by atoms with Crippen molar-refractivity contribution in [3.63, 3.8) is 0 Å². The van der Waals surface area contributed by atoms with Crippen LogP contribution in [0.1, 0.15) is 12.7 Å². The summed E-state index contributed by atoms with van der Waals surface area (Å²) >= 11 is 1.17. The van der Waals surface area contributed by atoms with E-state index in [1.165, 1.54) is 37.1 Å². The van der Waals surface area contributed by atoms with Gasteiger partial charge < -0.3 is 14.5 Å². The number of thioether (sulfide) groups is 1. The van der Waals surface area contributed by atoms with Gasteiger partial charge in [0.05, 0.1) is 23.5 Å². The van der Waals surface area contributed by atoms with Crippen LogP contribution in [0.5, 0.6) is 0 Å². The number of benzene rings is 1. The Hall–Kier alpha value is -2.81. The summed E-state index contributed by atoms with van der Waals surface area (Å²) in [6.45, 7) is 1.69. The zero-order chi connectivity index (χ0) is 18.2. The number of furan rings is 1. The molecule has 8 nitrogen and oxygen atoms in total. The molecule has 1 heterocycles. The minimum Gasteiger partial charge on any atom is -0.467 e. The molecular formula is C16H16N2O6S. The molecular weight excluding hydrogens is 348 g/mol. The normalized spacial score (nSPS) is 11.6. The van der Waals surface area contributed by atoms with Gasteiger partial charge in [-0.05, 0) is 31.2 Å². The van der Waals surface area contributed by atoms with E-state index < -0.39 is 22.9 Å². The molecule has 0 bridgehead atoms. The second kappa shape index (κ2) is 8.88. The zero-order valence-corrected chi connectivity index (χ0v) is 14.2. The molecule has 25 heavy (non-hydrogen) atoms. The van der Waals surface area contributed by atoms with E-state index in [4.69, 9.17) is 9.15 Å². The van der Waals surface area contributed by atoms with Crippen LogP contribution in [0, 0.1) is 10.1 Å². The summed E-state index contributed by atoms with van der Waals surface area (Å²) in [7, 11) is 0. The Bertz CT molecular complexity index is 730. The van der Waals surface area contributed by atoms with Gasteiger partial charge in [-0.2, -0.15) is 0 Å². The van der Waals surface area contributed by atoms with Gasteiger partial charge in [-0.25, -0.2) is 0 Å². The number of hydrogen-bond acceptors (Lipinski definition) is 7. The molecule has 2 aromatic rings. The standard InChI is InChI=1S/C16H16N2O6S/c1-11(16(20)17-9-13-3-2-8-23-13)24-15(19)10-25-14-6-4-12(5-7-14)18(21)22/h2-8,11H,9-10H2,1H3,(H,17,20)/t11-/m0/s1. The molecule has 0 saturated carbocycles. The quantitative estimate of drug-likeness (QED) is 0.331. The molecule has 1 aromatic heterocycles. The number of carbonyl (C=O) groups excluding carboxylic acids is 2. The predicted octanol–water partition coefficient (Wildman–Crippen LogP) is 2.53. The lowest BCUT2D eigenvalue weighted by Crippen LogP contribution is -2.35. The van der Waals surface area contributed by atoms with Gasteiger partial charge in [0.15, 0.2) is 6.10 Å². The van der Waals surface area contributed by atoms with Crippen molar-refractivity contribution in [2.45, 2.75) is 24.5 Å². The largest absolute Gasteiger partial charge is 0.467 e. The smallest absolute Gasteiger partial charge is 0.317 e. The van der Waals surface area contributed by atoms with Gasteiger partial charge in [0.1, 0.15) is 5.76 Å². The van der Waals surface area contributed by atoms with E-state index in [2.05, 4.69) is 5.32 Å². The number of hydrogen-bond donors (Lipinski definition) is 1. The Morgan fingerprint density at radius 2 is 2.04 bits per heavy atom. The number of non-ortho nitro benzene ring substituents is 1. The van der Waals surface area contributed by atoms with Crippen LogP contribution in [-0.2, 0) is 20.9 Å². The van der Waals surface area contributed by atoms with Gasteiger partial charge in [0, 0.05) is 17.0 Å². The Labute approximate surface area is 147 Å². The molecule has 1 atom stereocenters. The SMILES string of the molecule is C[C@H](OC(=O)CSc1ccc([N+](=O)[O-])cc1)C(=O)NCc1ccco1. The third-order valence-corrected chi connectivity index (χ3v) is 4.08. The van der Waals surface area contributed by atoms with Crippen molar-refractivity contribution < 1.29 is 23.7 Å². The molecule has 0 aliphatic heterocycles. The van der Waals surface area contributed by atoms with Gasteiger partial charge in [-0.3, -0.25) is 19.7 Å². The van der Waals surface area contributed by atoms with E-state index in [1.54, 1.807) is 24.3 Å². The van der Waals surface area contributed by atoms with Crippen LogP contribution in [0.3, 0.4) is 0 Å². The predicted molar refractivity (Wildman–Crippen MR) is 89.9 cm³/mol. The van der Waals surface area contributed by atoms with Gasteiger partial charge in [0.25, 0.3) is 11.6 Å². The fourth-order valence-electron chi connectivity index (χ4n) is 1.82. The lowest BCUT2D eigenvalue weighted by Gasteiger charge is -2.12. The van der Waals surface area contributed by atoms with Crippen LogP contribution in [-0.4, -0.2) is 28.7 Å². The number of nitrogens with zero attached hydrogens (tertiary/aromatic N) is 1. The third-order valence-electron chi connectivity index (χ3n) is 3.10. The summed E-state index contributed by atoms with van der Waals surface area (Å²) in [6, 6.07) is 9.25. The summed E-state index contributed by atoms with van der Waals surface area (Å²) in [5, 5.41) is 13.2. The molecule has 1 aromatic carbocycles. The summed E-state index contributed by atoms with van der Waals surface area (Å²) in [6.07, 6.45) is 0.570. The van der Waals surface area contributed by atoms with Crippen molar-refractivity contribution in [2.75, 3.05) is 5.75 Å². The number of rotatable bonds is 8.